The Hall–Kier alpha value is -1.02. The van der Waals surface area contributed by atoms with E-state index in [4.69, 9.17) is 4.74 Å². The van der Waals surface area contributed by atoms with Gasteiger partial charge in [-0.15, -0.1) is 0 Å². The number of nitrogens with one attached hydrogen (secondary N) is 1. The van der Waals surface area contributed by atoms with Crippen LogP contribution >= 0.6 is 0 Å². The predicted molar refractivity (Wildman–Crippen MR) is 73.7 cm³/mol. The highest BCUT2D eigenvalue weighted by atomic mass is 16.5. The molecule has 1 rings (SSSR count). The molecule has 0 heterocycles. The largest absolute Gasteiger partial charge is 0.491 e. The molecular weight excluding hydrogens is 210 g/mol. The van der Waals surface area contributed by atoms with Crippen molar-refractivity contribution < 1.29 is 4.74 Å². The first-order valence-corrected chi connectivity index (χ1v) is 6.55. The summed E-state index contributed by atoms with van der Waals surface area (Å²) in [5.74, 6) is 1.01. The van der Waals surface area contributed by atoms with Gasteiger partial charge in [-0.2, -0.15) is 0 Å². The van der Waals surface area contributed by atoms with Crippen LogP contribution in [0.5, 0.6) is 5.75 Å². The van der Waals surface area contributed by atoms with Crippen LogP contribution in [0.2, 0.25) is 0 Å². The molecule has 0 fully saturated rings. The second-order valence-electron chi connectivity index (χ2n) is 4.88. The van der Waals surface area contributed by atoms with E-state index in [9.17, 15) is 0 Å². The molecule has 0 saturated heterocycles. The SMILES string of the molecule is CCCNC(C)c1ccc(C)cc1OC(C)C. The average molecular weight is 235 g/mol. The van der Waals surface area contributed by atoms with E-state index < -0.39 is 0 Å². The first-order chi connectivity index (χ1) is 8.04. The molecule has 17 heavy (non-hydrogen) atoms. The molecule has 0 bridgehead atoms. The fourth-order valence-electron chi connectivity index (χ4n) is 1.83. The second kappa shape index (κ2) is 6.65. The molecule has 0 spiro atoms. The molecule has 1 aromatic rings. The molecular formula is C15H25NO. The quantitative estimate of drug-likeness (QED) is 0.809. The number of hydrogen-bond acceptors (Lipinski definition) is 2. The lowest BCUT2D eigenvalue weighted by Gasteiger charge is -2.20. The lowest BCUT2D eigenvalue weighted by molar-refractivity contribution is 0.238. The van der Waals surface area contributed by atoms with Gasteiger partial charge in [0.2, 0.25) is 0 Å². The molecule has 0 aliphatic carbocycles. The van der Waals surface area contributed by atoms with E-state index in [2.05, 4.69) is 58.1 Å². The number of rotatable bonds is 6. The fraction of sp³-hybridized carbons (Fsp3) is 0.600. The molecule has 0 saturated carbocycles. The molecule has 1 N–H and O–H groups in total. The molecule has 0 aromatic heterocycles. The van der Waals surface area contributed by atoms with Crippen LogP contribution in [-0.2, 0) is 0 Å². The summed E-state index contributed by atoms with van der Waals surface area (Å²) >= 11 is 0. The van der Waals surface area contributed by atoms with Crippen molar-refractivity contribution in [3.8, 4) is 5.75 Å². The van der Waals surface area contributed by atoms with Gasteiger partial charge in [0.1, 0.15) is 5.75 Å². The van der Waals surface area contributed by atoms with Crippen molar-refractivity contribution >= 4 is 0 Å². The van der Waals surface area contributed by atoms with Gasteiger partial charge >= 0.3 is 0 Å². The van der Waals surface area contributed by atoms with E-state index in [0.29, 0.717) is 6.04 Å². The summed E-state index contributed by atoms with van der Waals surface area (Å²) < 4.78 is 5.89. The van der Waals surface area contributed by atoms with Crippen molar-refractivity contribution in [2.45, 2.75) is 53.2 Å². The molecule has 1 atom stereocenters. The Morgan fingerprint density at radius 2 is 1.94 bits per heavy atom. The minimum absolute atomic E-state index is 0.217. The van der Waals surface area contributed by atoms with Gasteiger partial charge in [-0.1, -0.05) is 19.1 Å². The average Bonchev–Trinajstić information content (AvgIpc) is 2.25. The van der Waals surface area contributed by atoms with Crippen LogP contribution in [0, 0.1) is 6.92 Å². The Morgan fingerprint density at radius 1 is 1.24 bits per heavy atom. The molecule has 2 heteroatoms. The van der Waals surface area contributed by atoms with Gasteiger partial charge in [0.25, 0.3) is 0 Å². The standard InChI is InChI=1S/C15H25NO/c1-6-9-16-13(5)14-8-7-12(4)10-15(14)17-11(2)3/h7-8,10-11,13,16H,6,9H2,1-5H3. The van der Waals surface area contributed by atoms with Crippen LogP contribution in [-0.4, -0.2) is 12.6 Å². The van der Waals surface area contributed by atoms with Gasteiger partial charge in [0.15, 0.2) is 0 Å². The summed E-state index contributed by atoms with van der Waals surface area (Å²) in [5, 5.41) is 3.50. The van der Waals surface area contributed by atoms with Crippen LogP contribution < -0.4 is 10.1 Å². The van der Waals surface area contributed by atoms with Gasteiger partial charge < -0.3 is 10.1 Å². The van der Waals surface area contributed by atoms with Crippen LogP contribution in [0.15, 0.2) is 18.2 Å². The highest BCUT2D eigenvalue weighted by molar-refractivity contribution is 5.39. The summed E-state index contributed by atoms with van der Waals surface area (Å²) in [6.45, 7) is 11.6. The Balaban J connectivity index is 2.88. The molecule has 1 aromatic carbocycles. The van der Waals surface area contributed by atoms with Crippen molar-refractivity contribution in [1.29, 1.82) is 0 Å². The Kier molecular flexibility index (Phi) is 5.49. The highest BCUT2D eigenvalue weighted by Crippen LogP contribution is 2.27. The van der Waals surface area contributed by atoms with E-state index in [1.807, 2.05) is 0 Å². The Morgan fingerprint density at radius 3 is 2.53 bits per heavy atom. The number of aryl methyl sites for hydroxylation is 1. The van der Waals surface area contributed by atoms with E-state index in [1.165, 1.54) is 11.1 Å². The zero-order valence-corrected chi connectivity index (χ0v) is 11.7. The monoisotopic (exact) mass is 235 g/mol. The van der Waals surface area contributed by atoms with Crippen LogP contribution in [0.3, 0.4) is 0 Å². The molecule has 2 nitrogen and oxygen atoms in total. The molecule has 0 aliphatic rings. The van der Waals surface area contributed by atoms with Gasteiger partial charge in [0.05, 0.1) is 6.10 Å². The summed E-state index contributed by atoms with van der Waals surface area (Å²) in [7, 11) is 0. The normalized spacial score (nSPS) is 12.8. The van der Waals surface area contributed by atoms with Crippen molar-refractivity contribution in [2.24, 2.45) is 0 Å². The lowest BCUT2D eigenvalue weighted by atomic mass is 10.0. The van der Waals surface area contributed by atoms with Crippen LogP contribution in [0.1, 0.15) is 51.3 Å². The van der Waals surface area contributed by atoms with Crippen LogP contribution in [0.4, 0.5) is 0 Å². The van der Waals surface area contributed by atoms with Crippen molar-refractivity contribution in [1.82, 2.24) is 5.32 Å². The van der Waals surface area contributed by atoms with Crippen molar-refractivity contribution in [3.63, 3.8) is 0 Å². The molecule has 0 aliphatic heterocycles. The Bertz CT molecular complexity index is 347. The van der Waals surface area contributed by atoms with E-state index in [0.717, 1.165) is 18.7 Å². The minimum Gasteiger partial charge on any atom is -0.491 e. The third-order valence-electron chi connectivity index (χ3n) is 2.70. The zero-order valence-electron chi connectivity index (χ0n) is 11.7. The second-order valence-corrected chi connectivity index (χ2v) is 4.88. The first kappa shape index (κ1) is 14.0. The summed E-state index contributed by atoms with van der Waals surface area (Å²) in [5.41, 5.74) is 2.49. The summed E-state index contributed by atoms with van der Waals surface area (Å²) in [4.78, 5) is 0. The van der Waals surface area contributed by atoms with Gasteiger partial charge in [-0.25, -0.2) is 0 Å². The van der Waals surface area contributed by atoms with E-state index >= 15 is 0 Å². The Labute approximate surface area is 105 Å². The maximum atomic E-state index is 5.89. The lowest BCUT2D eigenvalue weighted by Crippen LogP contribution is -2.20. The molecule has 0 radical (unpaired) electrons. The van der Waals surface area contributed by atoms with Crippen LogP contribution in [0.25, 0.3) is 0 Å². The maximum Gasteiger partial charge on any atom is 0.124 e. The highest BCUT2D eigenvalue weighted by Gasteiger charge is 2.12. The minimum atomic E-state index is 0.217. The smallest absolute Gasteiger partial charge is 0.124 e. The van der Waals surface area contributed by atoms with Crippen molar-refractivity contribution in [2.75, 3.05) is 6.54 Å². The van der Waals surface area contributed by atoms with Crippen molar-refractivity contribution in [3.05, 3.63) is 29.3 Å². The third kappa shape index (κ3) is 4.39. The number of hydrogen-bond donors (Lipinski definition) is 1. The predicted octanol–water partition coefficient (Wildman–Crippen LogP) is 3.84. The van der Waals surface area contributed by atoms with Gasteiger partial charge in [-0.05, 0) is 52.3 Å². The van der Waals surface area contributed by atoms with Gasteiger partial charge in [-0.3, -0.25) is 0 Å². The molecule has 1 unspecified atom stereocenters. The van der Waals surface area contributed by atoms with E-state index in [-0.39, 0.29) is 6.10 Å². The topological polar surface area (TPSA) is 21.3 Å². The number of ether oxygens (including phenoxy) is 1. The fourth-order valence-corrected chi connectivity index (χ4v) is 1.83. The van der Waals surface area contributed by atoms with Gasteiger partial charge in [0, 0.05) is 11.6 Å². The third-order valence-corrected chi connectivity index (χ3v) is 2.70. The number of benzene rings is 1. The first-order valence-electron chi connectivity index (χ1n) is 6.55. The summed E-state index contributed by atoms with van der Waals surface area (Å²) in [6.07, 6.45) is 1.37. The summed E-state index contributed by atoms with van der Waals surface area (Å²) in [6, 6.07) is 6.77. The van der Waals surface area contributed by atoms with E-state index in [1.54, 1.807) is 0 Å². The zero-order chi connectivity index (χ0) is 12.8. The molecule has 0 amide bonds. The maximum absolute atomic E-state index is 5.89. The molecule has 96 valence electrons.